The van der Waals surface area contributed by atoms with Crippen LogP contribution in [-0.4, -0.2) is 19.5 Å². The van der Waals surface area contributed by atoms with E-state index in [9.17, 15) is 4.79 Å². The number of imidazole rings is 1. The molecular weight excluding hydrogens is 284 g/mol. The third-order valence-electron chi connectivity index (χ3n) is 3.20. The van der Waals surface area contributed by atoms with E-state index in [0.717, 1.165) is 16.5 Å². The van der Waals surface area contributed by atoms with E-state index in [4.69, 9.17) is 0 Å². The highest BCUT2D eigenvalue weighted by atomic mass is 32.2. The third kappa shape index (κ3) is 2.62. The quantitative estimate of drug-likeness (QED) is 0.752. The Labute approximate surface area is 125 Å². The Kier molecular flexibility index (Phi) is 3.62. The summed E-state index contributed by atoms with van der Waals surface area (Å²) in [5.41, 5.74) is 3.06. The summed E-state index contributed by atoms with van der Waals surface area (Å²) in [5, 5.41) is 0.780. The molecule has 0 spiro atoms. The molecule has 0 aliphatic rings. The summed E-state index contributed by atoms with van der Waals surface area (Å²) in [6.45, 7) is 3.74. The Morgan fingerprint density at radius 1 is 1.38 bits per heavy atom. The van der Waals surface area contributed by atoms with Gasteiger partial charge in [0.05, 0.1) is 6.33 Å². The van der Waals surface area contributed by atoms with E-state index in [2.05, 4.69) is 33.7 Å². The van der Waals surface area contributed by atoms with Gasteiger partial charge in [-0.25, -0.2) is 9.97 Å². The smallest absolute Gasteiger partial charge is 0.278 e. The number of aromatic amines is 1. The number of rotatable bonds is 4. The van der Waals surface area contributed by atoms with E-state index >= 15 is 0 Å². The van der Waals surface area contributed by atoms with Crippen molar-refractivity contribution in [2.24, 2.45) is 7.05 Å². The lowest BCUT2D eigenvalue weighted by Crippen LogP contribution is -2.06. The van der Waals surface area contributed by atoms with Crippen LogP contribution in [0.25, 0.3) is 17.2 Å². The largest absolute Gasteiger partial charge is 0.311 e. The van der Waals surface area contributed by atoms with Gasteiger partial charge in [0.25, 0.3) is 5.56 Å². The molecule has 0 bridgehead atoms. The summed E-state index contributed by atoms with van der Waals surface area (Å²) in [4.78, 5) is 22.8. The Morgan fingerprint density at radius 2 is 2.14 bits per heavy atom. The number of thioether (sulfide) groups is 1. The monoisotopic (exact) mass is 298 g/mol. The van der Waals surface area contributed by atoms with Crippen LogP contribution >= 0.6 is 11.8 Å². The molecule has 0 amide bonds. The predicted molar refractivity (Wildman–Crippen MR) is 85.2 cm³/mol. The van der Waals surface area contributed by atoms with Gasteiger partial charge in [0.2, 0.25) is 0 Å². The van der Waals surface area contributed by atoms with E-state index < -0.39 is 0 Å². The van der Waals surface area contributed by atoms with E-state index in [1.54, 1.807) is 11.8 Å². The molecule has 5 nitrogen and oxygen atoms in total. The lowest BCUT2D eigenvalue weighted by atomic mass is 10.1. The van der Waals surface area contributed by atoms with E-state index in [0.29, 0.717) is 11.2 Å². The minimum atomic E-state index is -0.210. The molecule has 0 atom stereocenters. The van der Waals surface area contributed by atoms with Crippen LogP contribution in [0.5, 0.6) is 0 Å². The average molecular weight is 298 g/mol. The highest BCUT2D eigenvalue weighted by Crippen LogP contribution is 2.23. The van der Waals surface area contributed by atoms with Gasteiger partial charge in [-0.2, -0.15) is 0 Å². The molecule has 2 heterocycles. The van der Waals surface area contributed by atoms with Gasteiger partial charge in [0.15, 0.2) is 16.3 Å². The molecule has 21 heavy (non-hydrogen) atoms. The van der Waals surface area contributed by atoms with Crippen LogP contribution < -0.4 is 5.56 Å². The van der Waals surface area contributed by atoms with Gasteiger partial charge in [0.1, 0.15) is 0 Å². The molecule has 2 aromatic heterocycles. The van der Waals surface area contributed by atoms with Crippen molar-refractivity contribution in [2.75, 3.05) is 0 Å². The van der Waals surface area contributed by atoms with Crippen LogP contribution in [0.2, 0.25) is 0 Å². The van der Waals surface area contributed by atoms with Crippen LogP contribution in [0.4, 0.5) is 0 Å². The van der Waals surface area contributed by atoms with Gasteiger partial charge in [-0.05, 0) is 11.1 Å². The SMILES string of the molecule is C=Cc1ccc(CSc2nc3c(=O)[nH]cnc3n2C)cc1. The zero-order chi connectivity index (χ0) is 14.8. The fourth-order valence-electron chi connectivity index (χ4n) is 2.02. The van der Waals surface area contributed by atoms with Crippen molar-refractivity contribution in [2.45, 2.75) is 10.9 Å². The van der Waals surface area contributed by atoms with Crippen molar-refractivity contribution in [3.8, 4) is 0 Å². The highest BCUT2D eigenvalue weighted by molar-refractivity contribution is 7.98. The Hall–Kier alpha value is -2.34. The molecule has 0 radical (unpaired) electrons. The first-order valence-electron chi connectivity index (χ1n) is 6.43. The number of hydrogen-bond donors (Lipinski definition) is 1. The number of aromatic nitrogens is 4. The summed E-state index contributed by atoms with van der Waals surface area (Å²) < 4.78 is 1.84. The minimum Gasteiger partial charge on any atom is -0.311 e. The maximum Gasteiger partial charge on any atom is 0.278 e. The van der Waals surface area contributed by atoms with E-state index in [1.165, 1.54) is 11.9 Å². The van der Waals surface area contributed by atoms with Crippen LogP contribution in [0.3, 0.4) is 0 Å². The molecule has 0 aliphatic heterocycles. The number of nitrogens with one attached hydrogen (secondary N) is 1. The summed E-state index contributed by atoms with van der Waals surface area (Å²) in [6, 6.07) is 8.20. The van der Waals surface area contributed by atoms with Crippen molar-refractivity contribution in [1.29, 1.82) is 0 Å². The van der Waals surface area contributed by atoms with E-state index in [1.807, 2.05) is 29.8 Å². The van der Waals surface area contributed by atoms with Gasteiger partial charge in [-0.3, -0.25) is 4.79 Å². The van der Waals surface area contributed by atoms with Gasteiger partial charge < -0.3 is 9.55 Å². The summed E-state index contributed by atoms with van der Waals surface area (Å²) in [7, 11) is 1.87. The Balaban J connectivity index is 1.84. The van der Waals surface area contributed by atoms with Crippen LogP contribution in [0.1, 0.15) is 11.1 Å². The minimum absolute atomic E-state index is 0.210. The second-order valence-electron chi connectivity index (χ2n) is 4.59. The average Bonchev–Trinajstić information content (AvgIpc) is 2.84. The second kappa shape index (κ2) is 5.57. The zero-order valence-electron chi connectivity index (χ0n) is 11.5. The number of nitrogens with zero attached hydrogens (tertiary/aromatic N) is 3. The van der Waals surface area contributed by atoms with Gasteiger partial charge in [-0.1, -0.05) is 48.7 Å². The van der Waals surface area contributed by atoms with Crippen molar-refractivity contribution < 1.29 is 0 Å². The van der Waals surface area contributed by atoms with Crippen LogP contribution in [-0.2, 0) is 12.8 Å². The van der Waals surface area contributed by atoms with E-state index in [-0.39, 0.29) is 5.56 Å². The molecular formula is C15H14N4OS. The molecule has 0 saturated carbocycles. The Bertz CT molecular complexity index is 848. The maximum absolute atomic E-state index is 11.7. The van der Waals surface area contributed by atoms with Crippen LogP contribution in [0, 0.1) is 0 Å². The summed E-state index contributed by atoms with van der Waals surface area (Å²) in [5.74, 6) is 0.784. The molecule has 0 unspecified atom stereocenters. The highest BCUT2D eigenvalue weighted by Gasteiger charge is 2.11. The third-order valence-corrected chi connectivity index (χ3v) is 4.31. The molecule has 1 N–H and O–H groups in total. The molecule has 3 aromatic rings. The van der Waals surface area contributed by atoms with Crippen LogP contribution in [0.15, 0.2) is 47.1 Å². The zero-order valence-corrected chi connectivity index (χ0v) is 12.4. The summed E-state index contributed by atoms with van der Waals surface area (Å²) >= 11 is 1.58. The number of benzene rings is 1. The van der Waals surface area contributed by atoms with Crippen molar-refractivity contribution in [3.05, 3.63) is 58.7 Å². The van der Waals surface area contributed by atoms with Gasteiger partial charge in [-0.15, -0.1) is 0 Å². The van der Waals surface area contributed by atoms with Gasteiger partial charge in [0, 0.05) is 12.8 Å². The first-order valence-corrected chi connectivity index (χ1v) is 7.42. The lowest BCUT2D eigenvalue weighted by molar-refractivity contribution is 0.805. The van der Waals surface area contributed by atoms with Crippen molar-refractivity contribution in [1.82, 2.24) is 19.5 Å². The molecule has 3 rings (SSSR count). The molecule has 0 aliphatic carbocycles. The Morgan fingerprint density at radius 3 is 2.81 bits per heavy atom. The standard InChI is InChI=1S/C15H14N4OS/c1-3-10-4-6-11(7-5-10)8-21-15-18-12-13(19(15)2)16-9-17-14(12)20/h3-7,9H,1,8H2,2H3,(H,16,17,20). The molecule has 6 heteroatoms. The topological polar surface area (TPSA) is 63.6 Å². The first kappa shape index (κ1) is 13.6. The lowest BCUT2D eigenvalue weighted by Gasteiger charge is -2.02. The fourth-order valence-corrected chi connectivity index (χ4v) is 2.94. The number of aryl methyl sites for hydroxylation is 1. The fraction of sp³-hybridized carbons (Fsp3) is 0.133. The number of fused-ring (bicyclic) bond motifs is 1. The van der Waals surface area contributed by atoms with Crippen molar-refractivity contribution in [3.63, 3.8) is 0 Å². The normalized spacial score (nSPS) is 10.9. The van der Waals surface area contributed by atoms with Crippen molar-refractivity contribution >= 4 is 29.0 Å². The van der Waals surface area contributed by atoms with Gasteiger partial charge >= 0.3 is 0 Å². The second-order valence-corrected chi connectivity index (χ2v) is 5.53. The molecule has 0 saturated heterocycles. The maximum atomic E-state index is 11.7. The molecule has 106 valence electrons. The number of hydrogen-bond acceptors (Lipinski definition) is 4. The number of H-pyrrole nitrogens is 1. The first-order chi connectivity index (χ1) is 10.2. The molecule has 0 fully saturated rings. The summed E-state index contributed by atoms with van der Waals surface area (Å²) in [6.07, 6.45) is 3.22. The predicted octanol–water partition coefficient (Wildman–Crippen LogP) is 2.59. The molecule has 1 aromatic carbocycles.